The average Bonchev–Trinajstić information content (AvgIpc) is 3.26. The van der Waals surface area contributed by atoms with Crippen LogP contribution in [0.3, 0.4) is 0 Å². The summed E-state index contributed by atoms with van der Waals surface area (Å²) in [5.41, 5.74) is 0. The number of carbonyl (C=O) groups excluding carboxylic acids is 1. The van der Waals surface area contributed by atoms with Gasteiger partial charge in [0.2, 0.25) is 5.91 Å². The molecular weight excluding hydrogens is 751 g/mol. The van der Waals surface area contributed by atoms with Crippen molar-refractivity contribution in [3.05, 3.63) is 0 Å². The SMILES string of the molecule is CCCCCCCCCCCCCCCCCCCCCCCCCCCCCCCCCC(O)C(=O)NC(CO)C(O)CCCCCCCCCCCCCCCCCC. The van der Waals surface area contributed by atoms with Crippen LogP contribution in [-0.2, 0) is 4.79 Å². The maximum Gasteiger partial charge on any atom is 0.249 e. The molecule has 1 amide bonds. The van der Waals surface area contributed by atoms with Crippen molar-refractivity contribution in [1.29, 1.82) is 0 Å². The van der Waals surface area contributed by atoms with Crippen LogP contribution in [0.25, 0.3) is 0 Å². The van der Waals surface area contributed by atoms with E-state index in [1.165, 1.54) is 270 Å². The number of unbranched alkanes of at least 4 members (excludes halogenated alkanes) is 45. The number of carbonyl (C=O) groups is 1. The van der Waals surface area contributed by atoms with E-state index in [1.54, 1.807) is 0 Å². The third kappa shape index (κ3) is 47.1. The summed E-state index contributed by atoms with van der Waals surface area (Å²) in [6, 6.07) is -0.707. The molecule has 366 valence electrons. The van der Waals surface area contributed by atoms with Crippen LogP contribution in [0.15, 0.2) is 0 Å². The highest BCUT2D eigenvalue weighted by Crippen LogP contribution is 2.19. The highest BCUT2D eigenvalue weighted by molar-refractivity contribution is 5.80. The molecule has 61 heavy (non-hydrogen) atoms. The summed E-state index contributed by atoms with van der Waals surface area (Å²) in [6.07, 6.45) is 63.0. The van der Waals surface area contributed by atoms with Gasteiger partial charge in [0.15, 0.2) is 0 Å². The van der Waals surface area contributed by atoms with E-state index in [1.807, 2.05) is 0 Å². The Bertz CT molecular complexity index is 822. The quantitative estimate of drug-likeness (QED) is 0.0459. The van der Waals surface area contributed by atoms with Gasteiger partial charge in [0.25, 0.3) is 0 Å². The molecule has 0 aromatic heterocycles. The zero-order valence-corrected chi connectivity index (χ0v) is 41.8. The molecule has 3 unspecified atom stereocenters. The molecule has 5 nitrogen and oxygen atoms in total. The molecule has 3 atom stereocenters. The number of hydrogen-bond acceptors (Lipinski definition) is 4. The summed E-state index contributed by atoms with van der Waals surface area (Å²) in [4.78, 5) is 12.6. The number of hydrogen-bond donors (Lipinski definition) is 4. The number of aliphatic hydroxyl groups is 3. The molecule has 0 spiro atoms. The van der Waals surface area contributed by atoms with E-state index in [9.17, 15) is 20.1 Å². The molecule has 0 heterocycles. The predicted octanol–water partition coefficient (Wildman–Crippen LogP) is 17.3. The zero-order chi connectivity index (χ0) is 44.4. The van der Waals surface area contributed by atoms with Crippen molar-refractivity contribution in [2.75, 3.05) is 6.61 Å². The maximum absolute atomic E-state index is 12.6. The van der Waals surface area contributed by atoms with Gasteiger partial charge < -0.3 is 20.6 Å². The summed E-state index contributed by atoms with van der Waals surface area (Å²) in [5, 5.41) is 33.5. The summed E-state index contributed by atoms with van der Waals surface area (Å²) in [6.45, 7) is 4.27. The van der Waals surface area contributed by atoms with Crippen LogP contribution in [-0.4, -0.2) is 46.1 Å². The van der Waals surface area contributed by atoms with Crippen molar-refractivity contribution in [1.82, 2.24) is 5.32 Å². The lowest BCUT2D eigenvalue weighted by atomic mass is 10.0. The van der Waals surface area contributed by atoms with Gasteiger partial charge in [-0.25, -0.2) is 0 Å². The topological polar surface area (TPSA) is 89.8 Å². The van der Waals surface area contributed by atoms with Crippen molar-refractivity contribution in [3.8, 4) is 0 Å². The molecular formula is C56H113NO4. The summed E-state index contributed by atoms with van der Waals surface area (Å²) >= 11 is 0. The Kier molecular flexibility index (Phi) is 51.4. The second kappa shape index (κ2) is 52.0. The standard InChI is InChI=1S/C56H113NO4/c1-3-5-7-9-11-13-15-17-19-21-22-23-24-25-26-27-28-29-30-31-32-33-34-35-37-39-41-43-45-47-49-51-55(60)56(61)57-53(52-58)54(59)50-48-46-44-42-40-38-36-20-18-16-14-12-10-8-6-4-2/h53-55,58-60H,3-52H2,1-2H3,(H,57,61). The second-order valence-electron chi connectivity index (χ2n) is 19.9. The van der Waals surface area contributed by atoms with Crippen molar-refractivity contribution < 1.29 is 20.1 Å². The van der Waals surface area contributed by atoms with Gasteiger partial charge >= 0.3 is 0 Å². The van der Waals surface area contributed by atoms with Gasteiger partial charge in [0, 0.05) is 0 Å². The molecule has 0 radical (unpaired) electrons. The number of rotatable bonds is 53. The maximum atomic E-state index is 12.6. The normalized spacial score (nSPS) is 13.2. The minimum Gasteiger partial charge on any atom is -0.394 e. The van der Waals surface area contributed by atoms with Crippen molar-refractivity contribution in [2.45, 2.75) is 347 Å². The van der Waals surface area contributed by atoms with E-state index in [-0.39, 0.29) is 6.61 Å². The third-order valence-electron chi connectivity index (χ3n) is 13.7. The number of nitrogens with one attached hydrogen (secondary N) is 1. The molecule has 0 aromatic carbocycles. The first kappa shape index (κ1) is 60.4. The van der Waals surface area contributed by atoms with Crippen molar-refractivity contribution in [3.63, 3.8) is 0 Å². The van der Waals surface area contributed by atoms with Gasteiger partial charge in [0.1, 0.15) is 6.10 Å². The van der Waals surface area contributed by atoms with Gasteiger partial charge in [-0.15, -0.1) is 0 Å². The van der Waals surface area contributed by atoms with Gasteiger partial charge in [0.05, 0.1) is 18.8 Å². The molecule has 0 saturated heterocycles. The molecule has 0 saturated carbocycles. The van der Waals surface area contributed by atoms with Crippen LogP contribution < -0.4 is 5.32 Å². The Hall–Kier alpha value is -0.650. The van der Waals surface area contributed by atoms with Crippen molar-refractivity contribution >= 4 is 5.91 Å². The van der Waals surface area contributed by atoms with Crippen LogP contribution in [0, 0.1) is 0 Å². The van der Waals surface area contributed by atoms with Crippen LogP contribution >= 0.6 is 0 Å². The number of aliphatic hydroxyl groups excluding tert-OH is 3. The highest BCUT2D eigenvalue weighted by Gasteiger charge is 2.23. The van der Waals surface area contributed by atoms with E-state index in [2.05, 4.69) is 19.2 Å². The van der Waals surface area contributed by atoms with E-state index >= 15 is 0 Å². The summed E-state index contributed by atoms with van der Waals surface area (Å²) < 4.78 is 0. The first-order valence-electron chi connectivity index (χ1n) is 28.3. The zero-order valence-electron chi connectivity index (χ0n) is 41.8. The fourth-order valence-electron chi connectivity index (χ4n) is 9.31. The Morgan fingerprint density at radius 1 is 0.328 bits per heavy atom. The lowest BCUT2D eigenvalue weighted by molar-refractivity contribution is -0.131. The molecule has 5 heteroatoms. The second-order valence-corrected chi connectivity index (χ2v) is 19.9. The first-order valence-corrected chi connectivity index (χ1v) is 28.3. The molecule has 0 aliphatic rings. The molecule has 0 aromatic rings. The number of amides is 1. The Morgan fingerprint density at radius 3 is 0.738 bits per heavy atom. The van der Waals surface area contributed by atoms with Crippen LogP contribution in [0.4, 0.5) is 0 Å². The van der Waals surface area contributed by atoms with Crippen molar-refractivity contribution in [2.24, 2.45) is 0 Å². The fourth-order valence-corrected chi connectivity index (χ4v) is 9.31. The summed E-state index contributed by atoms with van der Waals surface area (Å²) in [5.74, 6) is -0.462. The summed E-state index contributed by atoms with van der Waals surface area (Å²) in [7, 11) is 0. The van der Waals surface area contributed by atoms with Gasteiger partial charge in [-0.2, -0.15) is 0 Å². The Balaban J connectivity index is 3.45. The van der Waals surface area contributed by atoms with Gasteiger partial charge in [-0.3, -0.25) is 4.79 Å². The minimum atomic E-state index is -1.07. The monoisotopic (exact) mass is 864 g/mol. The van der Waals surface area contributed by atoms with Crippen LogP contribution in [0.5, 0.6) is 0 Å². The Morgan fingerprint density at radius 2 is 0.525 bits per heavy atom. The van der Waals surface area contributed by atoms with E-state index in [0.717, 1.165) is 32.1 Å². The molecule has 4 N–H and O–H groups in total. The van der Waals surface area contributed by atoms with Crippen LogP contribution in [0.2, 0.25) is 0 Å². The molecule has 0 bridgehead atoms. The molecule has 0 rings (SSSR count). The van der Waals surface area contributed by atoms with Gasteiger partial charge in [-0.1, -0.05) is 316 Å². The van der Waals surface area contributed by atoms with E-state index in [4.69, 9.17) is 0 Å². The minimum absolute atomic E-state index is 0.307. The first-order chi connectivity index (χ1) is 30.1. The van der Waals surface area contributed by atoms with Crippen LogP contribution in [0.1, 0.15) is 328 Å². The molecule has 0 aliphatic carbocycles. The average molecular weight is 865 g/mol. The third-order valence-corrected chi connectivity index (χ3v) is 13.7. The molecule has 0 aliphatic heterocycles. The van der Waals surface area contributed by atoms with E-state index < -0.39 is 24.2 Å². The lowest BCUT2D eigenvalue weighted by Gasteiger charge is -2.23. The van der Waals surface area contributed by atoms with E-state index in [0.29, 0.717) is 12.8 Å². The smallest absolute Gasteiger partial charge is 0.249 e. The lowest BCUT2D eigenvalue weighted by Crippen LogP contribution is -2.49. The van der Waals surface area contributed by atoms with Gasteiger partial charge in [-0.05, 0) is 12.8 Å². The fraction of sp³-hybridized carbons (Fsp3) is 0.982. The largest absolute Gasteiger partial charge is 0.394 e. The molecule has 0 fully saturated rings. The highest BCUT2D eigenvalue weighted by atomic mass is 16.3. The Labute approximate surface area is 383 Å². The predicted molar refractivity (Wildman–Crippen MR) is 269 cm³/mol.